The lowest BCUT2D eigenvalue weighted by atomic mass is 9.93. The molecule has 2 aliphatic heterocycles. The van der Waals surface area contributed by atoms with Gasteiger partial charge in [-0.3, -0.25) is 19.7 Å². The predicted molar refractivity (Wildman–Crippen MR) is 142 cm³/mol. The fourth-order valence-corrected chi connectivity index (χ4v) is 5.63. The number of hydrogen-bond donors (Lipinski definition) is 3. The Balaban J connectivity index is 1.39. The number of aromatic nitrogens is 1. The fourth-order valence-electron chi connectivity index (χ4n) is 5.39. The number of piperidine rings is 1. The monoisotopic (exact) mass is 500 g/mol. The molecule has 3 aromatic carbocycles. The Kier molecular flexibility index (Phi) is 5.74. The molecule has 2 aliphatic rings. The summed E-state index contributed by atoms with van der Waals surface area (Å²) in [6.07, 6.45) is 4.08. The molecule has 1 saturated heterocycles. The van der Waals surface area contributed by atoms with E-state index in [9.17, 15) is 14.4 Å². The van der Waals surface area contributed by atoms with Crippen LogP contribution in [0.4, 0.5) is 5.69 Å². The third-order valence-corrected chi connectivity index (χ3v) is 7.45. The number of halogens is 1. The molecule has 1 aromatic heterocycles. The molecular weight excluding hydrogens is 476 g/mol. The first-order valence-corrected chi connectivity index (χ1v) is 12.6. The number of amides is 3. The predicted octanol–water partition coefficient (Wildman–Crippen LogP) is 5.34. The smallest absolute Gasteiger partial charge is 0.259 e. The van der Waals surface area contributed by atoms with Gasteiger partial charge in [0.2, 0.25) is 5.91 Å². The first kappa shape index (κ1) is 22.8. The van der Waals surface area contributed by atoms with E-state index < -0.39 is 11.8 Å². The molecule has 4 aromatic rings. The minimum absolute atomic E-state index is 0.0427. The summed E-state index contributed by atoms with van der Waals surface area (Å²) in [5.74, 6) is -0.923. The van der Waals surface area contributed by atoms with Gasteiger partial charge in [0.05, 0.1) is 11.1 Å². The Morgan fingerprint density at radius 1 is 0.917 bits per heavy atom. The van der Waals surface area contributed by atoms with Gasteiger partial charge in [0.15, 0.2) is 0 Å². The number of fused-ring (bicyclic) bond motifs is 5. The van der Waals surface area contributed by atoms with Crippen molar-refractivity contribution in [2.24, 2.45) is 0 Å². The summed E-state index contributed by atoms with van der Waals surface area (Å²) in [6.45, 7) is 2.86. The maximum absolute atomic E-state index is 12.9. The molecule has 0 atom stereocenters. The number of nitrogens with zero attached hydrogens (tertiary/aromatic N) is 1. The van der Waals surface area contributed by atoms with Crippen LogP contribution >= 0.6 is 11.6 Å². The molecule has 0 unspecified atom stereocenters. The van der Waals surface area contributed by atoms with Crippen LogP contribution in [0.3, 0.4) is 0 Å². The number of likely N-dealkylation sites (tertiary alicyclic amines) is 1. The number of aromatic amines is 1. The summed E-state index contributed by atoms with van der Waals surface area (Å²) < 4.78 is 0. The van der Waals surface area contributed by atoms with Crippen molar-refractivity contribution in [2.45, 2.75) is 25.7 Å². The highest BCUT2D eigenvalue weighted by atomic mass is 35.5. The van der Waals surface area contributed by atoms with Gasteiger partial charge in [-0.05, 0) is 61.8 Å². The van der Waals surface area contributed by atoms with Gasteiger partial charge >= 0.3 is 0 Å². The fraction of sp³-hybridized carbons (Fsp3) is 0.250. The van der Waals surface area contributed by atoms with Gasteiger partial charge < -0.3 is 15.2 Å². The van der Waals surface area contributed by atoms with Gasteiger partial charge in [-0.15, -0.1) is 0 Å². The molecule has 3 N–H and O–H groups in total. The summed E-state index contributed by atoms with van der Waals surface area (Å²) in [7, 11) is 0. The molecule has 7 nitrogen and oxygen atoms in total. The number of benzene rings is 3. The van der Waals surface area contributed by atoms with Crippen molar-refractivity contribution in [2.75, 3.05) is 25.0 Å². The number of hydrogen-bond acceptors (Lipinski definition) is 4. The Morgan fingerprint density at radius 2 is 1.69 bits per heavy atom. The van der Waals surface area contributed by atoms with E-state index in [4.69, 9.17) is 11.6 Å². The van der Waals surface area contributed by atoms with E-state index >= 15 is 0 Å². The molecule has 0 aliphatic carbocycles. The summed E-state index contributed by atoms with van der Waals surface area (Å²) >= 11 is 6.45. The molecule has 0 bridgehead atoms. The van der Waals surface area contributed by atoms with E-state index in [1.54, 1.807) is 6.07 Å². The number of nitrogens with one attached hydrogen (secondary N) is 3. The lowest BCUT2D eigenvalue weighted by Crippen LogP contribution is -2.32. The molecule has 36 heavy (non-hydrogen) atoms. The summed E-state index contributed by atoms with van der Waals surface area (Å²) in [6, 6.07) is 14.7. The van der Waals surface area contributed by atoms with Crippen LogP contribution in [0.15, 0.2) is 48.5 Å². The van der Waals surface area contributed by atoms with Gasteiger partial charge in [0, 0.05) is 51.0 Å². The maximum Gasteiger partial charge on any atom is 0.259 e. The molecule has 3 heterocycles. The van der Waals surface area contributed by atoms with Crippen LogP contribution in [-0.2, 0) is 4.79 Å². The van der Waals surface area contributed by atoms with Crippen molar-refractivity contribution in [3.8, 4) is 11.1 Å². The molecular formula is C28H25ClN4O3. The molecule has 3 amide bonds. The lowest BCUT2D eigenvalue weighted by molar-refractivity contribution is -0.116. The van der Waals surface area contributed by atoms with Crippen LogP contribution in [0.25, 0.3) is 32.9 Å². The zero-order chi connectivity index (χ0) is 24.8. The first-order chi connectivity index (χ1) is 17.5. The SMILES string of the molecule is O=C(CCN1CCCCC1)Nc1ccc2[nH]c3cc(-c4ccccc4Cl)c4c(c3c2c1)C(=O)NC4=O. The number of imide groups is 1. The van der Waals surface area contributed by atoms with Gasteiger partial charge in [0.25, 0.3) is 11.8 Å². The van der Waals surface area contributed by atoms with Crippen LogP contribution in [0, 0.1) is 0 Å². The largest absolute Gasteiger partial charge is 0.354 e. The van der Waals surface area contributed by atoms with Crippen molar-refractivity contribution in [3.05, 3.63) is 64.7 Å². The molecule has 6 rings (SSSR count). The van der Waals surface area contributed by atoms with Gasteiger partial charge in [-0.1, -0.05) is 36.2 Å². The van der Waals surface area contributed by atoms with Crippen molar-refractivity contribution >= 4 is 56.8 Å². The zero-order valence-corrected chi connectivity index (χ0v) is 20.4. The van der Waals surface area contributed by atoms with E-state index in [2.05, 4.69) is 20.5 Å². The number of anilines is 1. The second kappa shape index (κ2) is 9.08. The Labute approximate surface area is 212 Å². The standard InChI is InChI=1S/C28H25ClN4O3/c29-20-7-3-2-6-17(20)18-15-22-24(26-25(18)27(35)32-28(26)36)19-14-16(8-9-21(19)31-22)30-23(34)10-13-33-11-4-1-5-12-33/h2-3,6-9,14-15,31H,1,4-5,10-13H2,(H,30,34)(H,32,35,36). The average Bonchev–Trinajstić information content (AvgIpc) is 3.39. The van der Waals surface area contributed by atoms with Crippen LogP contribution < -0.4 is 10.6 Å². The van der Waals surface area contributed by atoms with Gasteiger partial charge in [-0.25, -0.2) is 0 Å². The molecule has 1 fully saturated rings. The van der Waals surface area contributed by atoms with Crippen LogP contribution in [0.5, 0.6) is 0 Å². The third-order valence-electron chi connectivity index (χ3n) is 7.12. The first-order valence-electron chi connectivity index (χ1n) is 12.2. The van der Waals surface area contributed by atoms with Crippen LogP contribution in [-0.4, -0.2) is 47.2 Å². The molecule has 0 saturated carbocycles. The summed E-state index contributed by atoms with van der Waals surface area (Å²) in [5.41, 5.74) is 4.11. The Hall–Kier alpha value is -3.68. The third kappa shape index (κ3) is 3.94. The second-order valence-corrected chi connectivity index (χ2v) is 9.85. The minimum atomic E-state index is -0.441. The topological polar surface area (TPSA) is 94.3 Å². The van der Waals surface area contributed by atoms with E-state index in [-0.39, 0.29) is 5.91 Å². The molecule has 8 heteroatoms. The summed E-state index contributed by atoms with van der Waals surface area (Å²) in [5, 5.41) is 7.36. The number of H-pyrrole nitrogens is 1. The van der Waals surface area contributed by atoms with Crippen LogP contribution in [0.2, 0.25) is 5.02 Å². The molecule has 0 spiro atoms. The Bertz CT molecular complexity index is 1550. The quantitative estimate of drug-likeness (QED) is 0.322. The van der Waals surface area contributed by atoms with E-state index in [0.29, 0.717) is 44.8 Å². The summed E-state index contributed by atoms with van der Waals surface area (Å²) in [4.78, 5) is 44.1. The van der Waals surface area contributed by atoms with Gasteiger partial charge in [0.1, 0.15) is 0 Å². The number of rotatable bonds is 5. The lowest BCUT2D eigenvalue weighted by Gasteiger charge is -2.25. The highest BCUT2D eigenvalue weighted by Gasteiger charge is 2.34. The number of carbonyl (C=O) groups is 3. The van der Waals surface area contributed by atoms with Crippen molar-refractivity contribution in [1.82, 2.24) is 15.2 Å². The van der Waals surface area contributed by atoms with Crippen molar-refractivity contribution in [3.63, 3.8) is 0 Å². The maximum atomic E-state index is 12.9. The number of carbonyl (C=O) groups excluding carboxylic acids is 3. The van der Waals surface area contributed by atoms with E-state index in [1.165, 1.54) is 19.3 Å². The van der Waals surface area contributed by atoms with Gasteiger partial charge in [-0.2, -0.15) is 0 Å². The highest BCUT2D eigenvalue weighted by molar-refractivity contribution is 6.36. The molecule has 0 radical (unpaired) electrons. The van der Waals surface area contributed by atoms with E-state index in [1.807, 2.05) is 42.5 Å². The highest BCUT2D eigenvalue weighted by Crippen LogP contribution is 2.41. The Morgan fingerprint density at radius 3 is 2.50 bits per heavy atom. The van der Waals surface area contributed by atoms with Crippen molar-refractivity contribution < 1.29 is 14.4 Å². The van der Waals surface area contributed by atoms with E-state index in [0.717, 1.165) is 36.1 Å². The second-order valence-electron chi connectivity index (χ2n) is 9.45. The normalized spacial score (nSPS) is 15.9. The van der Waals surface area contributed by atoms with Crippen molar-refractivity contribution in [1.29, 1.82) is 0 Å². The van der Waals surface area contributed by atoms with Crippen LogP contribution in [0.1, 0.15) is 46.4 Å². The molecule has 182 valence electrons. The zero-order valence-electron chi connectivity index (χ0n) is 19.6. The minimum Gasteiger partial charge on any atom is -0.354 e. The average molecular weight is 501 g/mol.